The number of piperidine rings is 1. The fourth-order valence-corrected chi connectivity index (χ4v) is 4.55. The second kappa shape index (κ2) is 10.9. The fourth-order valence-electron chi connectivity index (χ4n) is 4.55. The van der Waals surface area contributed by atoms with Crippen LogP contribution in [-0.2, 0) is 9.53 Å². The lowest BCUT2D eigenvalue weighted by molar-refractivity contribution is -0.111. The molecular formula is C27H31FN6O3. The van der Waals surface area contributed by atoms with Gasteiger partial charge in [0.2, 0.25) is 12.1 Å². The molecule has 5 rings (SSSR count). The zero-order valence-corrected chi connectivity index (χ0v) is 20.6. The summed E-state index contributed by atoms with van der Waals surface area (Å²) in [5.74, 6) is 0.335. The third-order valence-electron chi connectivity index (χ3n) is 6.56. The number of halogens is 1. The molecule has 1 saturated heterocycles. The van der Waals surface area contributed by atoms with Crippen LogP contribution in [0.1, 0.15) is 12.8 Å². The lowest BCUT2D eigenvalue weighted by atomic mass is 10.1. The number of benzene rings is 2. The number of nitrogens with zero attached hydrogens (tertiary/aromatic N) is 2. The van der Waals surface area contributed by atoms with E-state index < -0.39 is 6.23 Å². The highest BCUT2D eigenvalue weighted by Crippen LogP contribution is 2.27. The third-order valence-corrected chi connectivity index (χ3v) is 6.56. The molecule has 3 heterocycles. The predicted octanol–water partition coefficient (Wildman–Crippen LogP) is 3.51. The van der Waals surface area contributed by atoms with Crippen LogP contribution in [0.5, 0.6) is 5.75 Å². The first-order valence-corrected chi connectivity index (χ1v) is 12.3. The molecule has 9 nitrogen and oxygen atoms in total. The molecule has 3 aliphatic rings. The highest BCUT2D eigenvalue weighted by Gasteiger charge is 2.39. The molecule has 2 aromatic rings. The minimum atomic E-state index is -0.583. The number of hydrogen-bond donors (Lipinski definition) is 4. The van der Waals surface area contributed by atoms with E-state index in [1.54, 1.807) is 36.6 Å². The molecule has 0 radical (unpaired) electrons. The van der Waals surface area contributed by atoms with E-state index in [0.29, 0.717) is 28.8 Å². The zero-order valence-electron chi connectivity index (χ0n) is 20.6. The van der Waals surface area contributed by atoms with Crippen molar-refractivity contribution in [1.29, 1.82) is 0 Å². The van der Waals surface area contributed by atoms with Crippen molar-refractivity contribution in [1.82, 2.24) is 10.2 Å². The van der Waals surface area contributed by atoms with E-state index in [0.717, 1.165) is 25.9 Å². The van der Waals surface area contributed by atoms with Gasteiger partial charge in [-0.15, -0.1) is 0 Å². The number of amides is 1. The number of fused-ring (bicyclic) bond motifs is 1. The topological polar surface area (TPSA) is 99.2 Å². The van der Waals surface area contributed by atoms with Gasteiger partial charge in [0, 0.05) is 23.5 Å². The van der Waals surface area contributed by atoms with Crippen LogP contribution in [0, 0.1) is 5.82 Å². The van der Waals surface area contributed by atoms with Crippen LogP contribution < -0.4 is 26.0 Å². The van der Waals surface area contributed by atoms with Crippen molar-refractivity contribution in [3.05, 3.63) is 73.3 Å². The average molecular weight is 507 g/mol. The first kappa shape index (κ1) is 24.6. The normalized spacial score (nSPS) is 23.2. The van der Waals surface area contributed by atoms with E-state index >= 15 is 0 Å². The van der Waals surface area contributed by atoms with Crippen LogP contribution in [0.2, 0.25) is 0 Å². The van der Waals surface area contributed by atoms with Crippen LogP contribution in [0.15, 0.2) is 72.5 Å². The van der Waals surface area contributed by atoms with Gasteiger partial charge in [0.25, 0.3) is 0 Å². The summed E-state index contributed by atoms with van der Waals surface area (Å²) in [5.41, 5.74) is 1.64. The van der Waals surface area contributed by atoms with Crippen molar-refractivity contribution in [2.45, 2.75) is 37.3 Å². The number of carbonyl (C=O) groups excluding carboxylic acids is 1. The summed E-state index contributed by atoms with van der Waals surface area (Å²) in [6, 6.07) is 12.0. The Bertz CT molecular complexity index is 1210. The van der Waals surface area contributed by atoms with E-state index in [2.05, 4.69) is 44.8 Å². The quantitative estimate of drug-likeness (QED) is 0.427. The summed E-state index contributed by atoms with van der Waals surface area (Å²) in [5, 5.41) is 12.4. The van der Waals surface area contributed by atoms with Gasteiger partial charge in [-0.3, -0.25) is 4.79 Å². The smallest absolute Gasteiger partial charge is 0.247 e. The highest BCUT2D eigenvalue weighted by molar-refractivity contribution is 5.99. The first-order valence-electron chi connectivity index (χ1n) is 12.3. The SMILES string of the molecule is C=CC(=O)Nc1cccc(OC2NC(Nc3ccc(NC4CCN(C)CC4)c(F)c3)=NC3C=COC32)c1. The van der Waals surface area contributed by atoms with Gasteiger partial charge in [0.1, 0.15) is 17.6 Å². The number of rotatable bonds is 7. The Morgan fingerprint density at radius 3 is 2.86 bits per heavy atom. The number of aliphatic imine (C=N–C) groups is 1. The Morgan fingerprint density at radius 1 is 1.24 bits per heavy atom. The van der Waals surface area contributed by atoms with E-state index in [9.17, 15) is 9.18 Å². The molecule has 0 aromatic heterocycles. The fraction of sp³-hybridized carbons (Fsp3) is 0.333. The van der Waals surface area contributed by atoms with Gasteiger partial charge in [0.15, 0.2) is 12.1 Å². The summed E-state index contributed by atoms with van der Waals surface area (Å²) in [6.07, 6.45) is 5.66. The number of carbonyl (C=O) groups is 1. The van der Waals surface area contributed by atoms with Gasteiger partial charge in [-0.1, -0.05) is 12.6 Å². The molecule has 3 unspecified atom stereocenters. The monoisotopic (exact) mass is 506 g/mol. The average Bonchev–Trinajstić information content (AvgIpc) is 3.36. The van der Waals surface area contributed by atoms with Crippen LogP contribution in [0.3, 0.4) is 0 Å². The number of likely N-dealkylation sites (tertiary alicyclic amines) is 1. The molecule has 1 fully saturated rings. The van der Waals surface area contributed by atoms with Crippen molar-refractivity contribution in [3.63, 3.8) is 0 Å². The van der Waals surface area contributed by atoms with Crippen molar-refractivity contribution in [3.8, 4) is 5.75 Å². The van der Waals surface area contributed by atoms with E-state index in [4.69, 9.17) is 9.47 Å². The van der Waals surface area contributed by atoms with Gasteiger partial charge < -0.3 is 35.6 Å². The van der Waals surface area contributed by atoms with Crippen LogP contribution in [0.4, 0.5) is 21.5 Å². The van der Waals surface area contributed by atoms with Crippen molar-refractivity contribution in [2.24, 2.45) is 4.99 Å². The molecule has 4 N–H and O–H groups in total. The van der Waals surface area contributed by atoms with Crippen LogP contribution in [0.25, 0.3) is 0 Å². The van der Waals surface area contributed by atoms with Crippen molar-refractivity contribution >= 4 is 28.9 Å². The lowest BCUT2D eigenvalue weighted by Gasteiger charge is -2.33. The summed E-state index contributed by atoms with van der Waals surface area (Å²) in [7, 11) is 2.10. The summed E-state index contributed by atoms with van der Waals surface area (Å²) in [6.45, 7) is 5.47. The van der Waals surface area contributed by atoms with Gasteiger partial charge in [0.05, 0.1) is 11.9 Å². The van der Waals surface area contributed by atoms with Crippen LogP contribution >= 0.6 is 0 Å². The Hall–Kier alpha value is -4.05. The minimum absolute atomic E-state index is 0.265. The molecule has 1 amide bonds. The minimum Gasteiger partial charge on any atom is -0.490 e. The number of guanidine groups is 1. The maximum Gasteiger partial charge on any atom is 0.247 e. The van der Waals surface area contributed by atoms with Gasteiger partial charge >= 0.3 is 0 Å². The van der Waals surface area contributed by atoms with E-state index in [-0.39, 0.29) is 29.9 Å². The Morgan fingerprint density at radius 2 is 2.08 bits per heavy atom. The Balaban J connectivity index is 1.25. The summed E-state index contributed by atoms with van der Waals surface area (Å²) < 4.78 is 26.8. The van der Waals surface area contributed by atoms with E-state index in [1.807, 2.05) is 12.1 Å². The van der Waals surface area contributed by atoms with Crippen molar-refractivity contribution in [2.75, 3.05) is 36.1 Å². The summed E-state index contributed by atoms with van der Waals surface area (Å²) >= 11 is 0. The highest BCUT2D eigenvalue weighted by atomic mass is 19.1. The standard InChI is InChI=1S/C27H31FN6O3/c1-3-24(35)30-18-5-4-6-20(15-18)37-26-25-23(11-14-36-25)32-27(33-26)31-19-7-8-22(21(28)16-19)29-17-9-12-34(2)13-10-17/h3-8,11,14-17,23,25-26,29H,1,9-10,12-13H2,2H3,(H,30,35)(H2,31,32,33). The molecule has 194 valence electrons. The molecule has 3 atom stereocenters. The number of nitrogens with one attached hydrogen (secondary N) is 4. The lowest BCUT2D eigenvalue weighted by Crippen LogP contribution is -2.56. The molecule has 2 aromatic carbocycles. The van der Waals surface area contributed by atoms with Gasteiger partial charge in [-0.2, -0.15) is 0 Å². The number of hydrogen-bond acceptors (Lipinski definition) is 8. The molecule has 37 heavy (non-hydrogen) atoms. The molecule has 0 bridgehead atoms. The maximum atomic E-state index is 14.9. The molecule has 0 aliphatic carbocycles. The molecular weight excluding hydrogens is 475 g/mol. The number of ether oxygens (including phenoxy) is 2. The number of anilines is 3. The zero-order chi connectivity index (χ0) is 25.8. The van der Waals surface area contributed by atoms with Crippen LogP contribution in [-0.4, -0.2) is 61.3 Å². The van der Waals surface area contributed by atoms with Gasteiger partial charge in [-0.25, -0.2) is 9.38 Å². The molecule has 10 heteroatoms. The third kappa shape index (κ3) is 6.03. The van der Waals surface area contributed by atoms with Crippen molar-refractivity contribution < 1.29 is 18.7 Å². The first-order chi connectivity index (χ1) is 18.0. The molecule has 3 aliphatic heterocycles. The molecule has 0 saturated carbocycles. The Kier molecular flexibility index (Phi) is 7.27. The molecule has 0 spiro atoms. The largest absolute Gasteiger partial charge is 0.490 e. The Labute approximate surface area is 215 Å². The predicted molar refractivity (Wildman–Crippen MR) is 142 cm³/mol. The second-order valence-corrected chi connectivity index (χ2v) is 9.34. The maximum absolute atomic E-state index is 14.9. The van der Waals surface area contributed by atoms with E-state index in [1.165, 1.54) is 12.1 Å². The summed E-state index contributed by atoms with van der Waals surface area (Å²) in [4.78, 5) is 18.6. The second-order valence-electron chi connectivity index (χ2n) is 9.34. The van der Waals surface area contributed by atoms with Gasteiger partial charge in [-0.05, 0) is 75.5 Å².